The number of aromatic nitrogens is 3. The van der Waals surface area contributed by atoms with E-state index in [0.717, 1.165) is 28.7 Å². The van der Waals surface area contributed by atoms with Crippen LogP contribution >= 0.6 is 0 Å². The van der Waals surface area contributed by atoms with Gasteiger partial charge in [-0.3, -0.25) is 19.6 Å². The number of benzene rings is 1. The van der Waals surface area contributed by atoms with Gasteiger partial charge in [-0.05, 0) is 25.5 Å². The molecule has 2 amide bonds. The highest BCUT2D eigenvalue weighted by Gasteiger charge is 2.31. The lowest BCUT2D eigenvalue weighted by Crippen LogP contribution is -2.40. The fraction of sp³-hybridized carbons (Fsp3) is 0.375. The highest BCUT2D eigenvalue weighted by molar-refractivity contribution is 6.06. The molecule has 2 aliphatic rings. The summed E-state index contributed by atoms with van der Waals surface area (Å²) in [6.45, 7) is 5.31. The van der Waals surface area contributed by atoms with E-state index in [1.807, 2.05) is 42.2 Å². The summed E-state index contributed by atoms with van der Waals surface area (Å²) in [5.74, 6) is -0.0439. The van der Waals surface area contributed by atoms with Gasteiger partial charge in [0.15, 0.2) is 0 Å². The van der Waals surface area contributed by atoms with Gasteiger partial charge in [-0.15, -0.1) is 0 Å². The molecule has 0 N–H and O–H groups in total. The first kappa shape index (κ1) is 20.5. The average Bonchev–Trinajstić information content (AvgIpc) is 3.34. The number of hydrogen-bond acceptors (Lipinski definition) is 6. The van der Waals surface area contributed by atoms with Crippen molar-refractivity contribution >= 4 is 22.7 Å². The summed E-state index contributed by atoms with van der Waals surface area (Å²) in [6.07, 6.45) is 3.93. The number of pyridine rings is 1. The number of fused-ring (bicyclic) bond motifs is 1. The summed E-state index contributed by atoms with van der Waals surface area (Å²) < 4.78 is 5.40. The van der Waals surface area contributed by atoms with E-state index in [1.54, 1.807) is 11.1 Å². The molecule has 5 rings (SSSR count). The van der Waals surface area contributed by atoms with Crippen molar-refractivity contribution < 1.29 is 14.3 Å². The molecule has 2 fully saturated rings. The Hall–Kier alpha value is -3.39. The van der Waals surface area contributed by atoms with E-state index >= 15 is 0 Å². The van der Waals surface area contributed by atoms with Crippen molar-refractivity contribution in [2.45, 2.75) is 19.3 Å². The van der Waals surface area contributed by atoms with E-state index in [-0.39, 0.29) is 17.7 Å². The molecule has 0 saturated carbocycles. The summed E-state index contributed by atoms with van der Waals surface area (Å²) in [4.78, 5) is 43.1. The fourth-order valence-corrected chi connectivity index (χ4v) is 4.37. The number of ether oxygens (including phenoxy) is 1. The maximum atomic E-state index is 13.3. The predicted molar refractivity (Wildman–Crippen MR) is 118 cm³/mol. The number of para-hydroxylation sites is 1. The van der Waals surface area contributed by atoms with E-state index in [1.165, 1.54) is 6.20 Å². The highest BCUT2D eigenvalue weighted by atomic mass is 16.5. The SMILES string of the molecule is Cc1cnc(C(=O)N2CC[C@@H](c3cc(C(=O)N4CCOCC4)c4ccccc4n3)C2)cn1. The van der Waals surface area contributed by atoms with E-state index in [0.29, 0.717) is 50.7 Å². The molecule has 4 heterocycles. The van der Waals surface area contributed by atoms with Crippen molar-refractivity contribution in [2.24, 2.45) is 0 Å². The van der Waals surface area contributed by atoms with Gasteiger partial charge in [0.05, 0.1) is 36.2 Å². The number of rotatable bonds is 3. The first-order valence-electron chi connectivity index (χ1n) is 10.9. The van der Waals surface area contributed by atoms with E-state index < -0.39 is 0 Å². The standard InChI is InChI=1S/C24H25N5O3/c1-16-13-26-22(14-25-16)24(31)29-7-6-17(15-29)21-12-19(18-4-2-3-5-20(18)27-21)23(30)28-8-10-32-11-9-28/h2-5,12-14,17H,6-11,15H2,1H3/t17-/m1/s1. The number of aryl methyl sites for hydroxylation is 1. The number of carbonyl (C=O) groups excluding carboxylic acids is 2. The normalized spacial score (nSPS) is 18.8. The van der Waals surface area contributed by atoms with Crippen LogP contribution in [0, 0.1) is 6.92 Å². The zero-order valence-electron chi connectivity index (χ0n) is 18.0. The number of carbonyl (C=O) groups is 2. The number of hydrogen-bond donors (Lipinski definition) is 0. The van der Waals surface area contributed by atoms with Gasteiger partial charge < -0.3 is 14.5 Å². The Balaban J connectivity index is 1.42. The first-order valence-corrected chi connectivity index (χ1v) is 10.9. The monoisotopic (exact) mass is 431 g/mol. The smallest absolute Gasteiger partial charge is 0.274 e. The second-order valence-corrected chi connectivity index (χ2v) is 8.30. The Labute approximate surface area is 186 Å². The lowest BCUT2D eigenvalue weighted by atomic mass is 9.99. The van der Waals surface area contributed by atoms with Crippen LogP contribution in [0.3, 0.4) is 0 Å². The van der Waals surface area contributed by atoms with Crippen LogP contribution < -0.4 is 0 Å². The van der Waals surface area contributed by atoms with Crippen LogP contribution in [0.1, 0.15) is 44.6 Å². The second-order valence-electron chi connectivity index (χ2n) is 8.30. The first-order chi connectivity index (χ1) is 15.6. The van der Waals surface area contributed by atoms with Gasteiger partial charge in [0.25, 0.3) is 11.8 Å². The van der Waals surface area contributed by atoms with Crippen molar-refractivity contribution in [3.63, 3.8) is 0 Å². The molecule has 1 aromatic carbocycles. The van der Waals surface area contributed by atoms with Gasteiger partial charge >= 0.3 is 0 Å². The quantitative estimate of drug-likeness (QED) is 0.633. The lowest BCUT2D eigenvalue weighted by molar-refractivity contribution is 0.0304. The molecule has 8 heteroatoms. The van der Waals surface area contributed by atoms with Gasteiger partial charge in [-0.25, -0.2) is 4.98 Å². The highest BCUT2D eigenvalue weighted by Crippen LogP contribution is 2.30. The topological polar surface area (TPSA) is 88.5 Å². The Kier molecular flexibility index (Phi) is 5.53. The maximum absolute atomic E-state index is 13.3. The summed E-state index contributed by atoms with van der Waals surface area (Å²) in [6, 6.07) is 9.67. The van der Waals surface area contributed by atoms with Gasteiger partial charge in [-0.1, -0.05) is 18.2 Å². The van der Waals surface area contributed by atoms with E-state index in [4.69, 9.17) is 9.72 Å². The molecule has 164 valence electrons. The zero-order valence-corrected chi connectivity index (χ0v) is 18.0. The van der Waals surface area contributed by atoms with Crippen LogP contribution in [0.5, 0.6) is 0 Å². The molecule has 2 saturated heterocycles. The lowest BCUT2D eigenvalue weighted by Gasteiger charge is -2.27. The van der Waals surface area contributed by atoms with Gasteiger partial charge in [0, 0.05) is 49.4 Å². The number of nitrogens with zero attached hydrogens (tertiary/aromatic N) is 5. The molecule has 1 atom stereocenters. The van der Waals surface area contributed by atoms with E-state index in [9.17, 15) is 9.59 Å². The molecule has 0 spiro atoms. The largest absolute Gasteiger partial charge is 0.378 e. The average molecular weight is 431 g/mol. The fourth-order valence-electron chi connectivity index (χ4n) is 4.37. The Morgan fingerprint density at radius 2 is 1.81 bits per heavy atom. The summed E-state index contributed by atoms with van der Waals surface area (Å²) in [7, 11) is 0. The summed E-state index contributed by atoms with van der Waals surface area (Å²) in [5.41, 5.74) is 3.45. The van der Waals surface area contributed by atoms with Crippen molar-refractivity contribution in [3.8, 4) is 0 Å². The Morgan fingerprint density at radius 3 is 2.59 bits per heavy atom. The van der Waals surface area contributed by atoms with Crippen molar-refractivity contribution in [1.82, 2.24) is 24.8 Å². The molecule has 0 bridgehead atoms. The van der Waals surface area contributed by atoms with Gasteiger partial charge in [0.2, 0.25) is 0 Å². The van der Waals surface area contributed by atoms with Crippen molar-refractivity contribution in [2.75, 3.05) is 39.4 Å². The molecule has 0 radical (unpaired) electrons. The summed E-state index contributed by atoms with van der Waals surface area (Å²) >= 11 is 0. The minimum absolute atomic E-state index is 0.00834. The maximum Gasteiger partial charge on any atom is 0.274 e. The van der Waals surface area contributed by atoms with Crippen LogP contribution in [-0.4, -0.2) is 76.0 Å². The molecular formula is C24H25N5O3. The van der Waals surface area contributed by atoms with Crippen LogP contribution in [0.25, 0.3) is 10.9 Å². The molecule has 2 aromatic heterocycles. The molecular weight excluding hydrogens is 406 g/mol. The molecule has 32 heavy (non-hydrogen) atoms. The third-order valence-electron chi connectivity index (χ3n) is 6.16. The number of likely N-dealkylation sites (tertiary alicyclic amines) is 1. The van der Waals surface area contributed by atoms with Crippen LogP contribution in [0.4, 0.5) is 0 Å². The zero-order chi connectivity index (χ0) is 22.1. The van der Waals surface area contributed by atoms with Gasteiger partial charge in [0.1, 0.15) is 5.69 Å². The molecule has 8 nitrogen and oxygen atoms in total. The van der Waals surface area contributed by atoms with Crippen molar-refractivity contribution in [1.29, 1.82) is 0 Å². The molecule has 0 unspecified atom stereocenters. The van der Waals surface area contributed by atoms with Crippen LogP contribution in [0.15, 0.2) is 42.7 Å². The number of amides is 2. The Morgan fingerprint density at radius 1 is 1.00 bits per heavy atom. The minimum Gasteiger partial charge on any atom is -0.378 e. The van der Waals surface area contributed by atoms with Crippen molar-refractivity contribution in [3.05, 3.63) is 65.4 Å². The number of morpholine rings is 1. The Bertz CT molecular complexity index is 1160. The van der Waals surface area contributed by atoms with Crippen LogP contribution in [0.2, 0.25) is 0 Å². The minimum atomic E-state index is -0.120. The predicted octanol–water partition coefficient (Wildman–Crippen LogP) is 2.44. The second kappa shape index (κ2) is 8.63. The molecule has 3 aromatic rings. The molecule has 2 aliphatic heterocycles. The molecule has 0 aliphatic carbocycles. The summed E-state index contributed by atoms with van der Waals surface area (Å²) in [5, 5.41) is 0.855. The van der Waals surface area contributed by atoms with Gasteiger partial charge in [-0.2, -0.15) is 0 Å². The third-order valence-corrected chi connectivity index (χ3v) is 6.16. The van der Waals surface area contributed by atoms with E-state index in [2.05, 4.69) is 9.97 Å². The third kappa shape index (κ3) is 3.93. The van der Waals surface area contributed by atoms with Crippen LogP contribution in [-0.2, 0) is 4.74 Å².